The smallest absolute Gasteiger partial charge is 0.269 e. The molecular weight excluding hydrogens is 224 g/mol. The molecule has 0 aliphatic carbocycles. The monoisotopic (exact) mass is 228 g/mol. The van der Waals surface area contributed by atoms with Crippen molar-refractivity contribution >= 4 is 17.8 Å². The number of urea groups is 1. The van der Waals surface area contributed by atoms with E-state index >= 15 is 0 Å². The molecule has 0 atom stereocenters. The highest BCUT2D eigenvalue weighted by atomic mass is 19.3. The van der Waals surface area contributed by atoms with Crippen LogP contribution in [-0.4, -0.2) is 41.6 Å². The molecule has 1 saturated heterocycles. The molecule has 0 aromatic heterocycles. The van der Waals surface area contributed by atoms with Crippen LogP contribution in [0.15, 0.2) is 0 Å². The lowest BCUT2D eigenvalue weighted by molar-refractivity contribution is -0.152. The Balaban J connectivity index is 2.79. The number of hydrogen-bond acceptors (Lipinski definition) is 3. The molecule has 1 aliphatic rings. The van der Waals surface area contributed by atoms with E-state index in [1.807, 2.05) is 0 Å². The summed E-state index contributed by atoms with van der Waals surface area (Å²) in [5, 5.41) is 1.40. The molecule has 0 bridgehead atoms. The van der Waals surface area contributed by atoms with Gasteiger partial charge in [-0.2, -0.15) is 8.78 Å². The van der Waals surface area contributed by atoms with Gasteiger partial charge in [0.2, 0.25) is 0 Å². The maximum absolute atomic E-state index is 12.4. The third-order valence-corrected chi connectivity index (χ3v) is 1.59. The van der Waals surface area contributed by atoms with Crippen LogP contribution in [-0.2, 0) is 9.59 Å². The van der Waals surface area contributed by atoms with Crippen LogP contribution >= 0.6 is 0 Å². The molecule has 1 rings (SSSR count). The van der Waals surface area contributed by atoms with Gasteiger partial charge in [-0.25, -0.2) is 18.5 Å². The van der Waals surface area contributed by atoms with Gasteiger partial charge < -0.3 is 0 Å². The van der Waals surface area contributed by atoms with Crippen LogP contribution in [0.25, 0.3) is 0 Å². The highest BCUT2D eigenvalue weighted by Crippen LogP contribution is 2.24. The minimum atomic E-state index is -4.53. The highest BCUT2D eigenvalue weighted by Gasteiger charge is 2.48. The van der Waals surface area contributed by atoms with Gasteiger partial charge in [0, 0.05) is 0 Å². The van der Waals surface area contributed by atoms with Crippen LogP contribution in [0.2, 0.25) is 0 Å². The Kier molecular flexibility index (Phi) is 2.65. The third-order valence-electron chi connectivity index (χ3n) is 1.59. The van der Waals surface area contributed by atoms with Gasteiger partial charge in [0.1, 0.15) is 6.54 Å². The number of halogens is 4. The first-order chi connectivity index (χ1) is 6.75. The fraction of sp³-hybridized carbons (Fsp3) is 0.500. The SMILES string of the molecule is O=C1NC(=O)N(CC(F)(F)C(F)F)C1=O. The van der Waals surface area contributed by atoms with Crippen LogP contribution in [0, 0.1) is 0 Å². The number of rotatable bonds is 3. The summed E-state index contributed by atoms with van der Waals surface area (Å²) in [5.41, 5.74) is 0. The average Bonchev–Trinajstić information content (AvgIpc) is 2.32. The van der Waals surface area contributed by atoms with E-state index < -0.39 is 36.7 Å². The van der Waals surface area contributed by atoms with Gasteiger partial charge >= 0.3 is 30.2 Å². The van der Waals surface area contributed by atoms with E-state index in [2.05, 4.69) is 0 Å². The molecule has 0 saturated carbocycles. The molecule has 84 valence electrons. The summed E-state index contributed by atoms with van der Waals surface area (Å²) >= 11 is 0. The van der Waals surface area contributed by atoms with Gasteiger partial charge in [-0.1, -0.05) is 0 Å². The van der Waals surface area contributed by atoms with Crippen LogP contribution in [0.4, 0.5) is 22.4 Å². The van der Waals surface area contributed by atoms with Gasteiger partial charge in [-0.05, 0) is 0 Å². The predicted molar refractivity (Wildman–Crippen MR) is 36.2 cm³/mol. The minimum Gasteiger partial charge on any atom is -0.269 e. The summed E-state index contributed by atoms with van der Waals surface area (Å²) in [4.78, 5) is 31.7. The first-order valence-electron chi connectivity index (χ1n) is 3.58. The largest absolute Gasteiger partial charge is 0.331 e. The van der Waals surface area contributed by atoms with Crippen molar-refractivity contribution in [2.75, 3.05) is 6.54 Å². The van der Waals surface area contributed by atoms with E-state index in [9.17, 15) is 31.9 Å². The standard InChI is InChI=1S/C6H4F4N2O3/c7-4(8)6(9,10)1-12-3(14)2(13)11-5(12)15/h4H,1H2,(H,11,13,15). The lowest BCUT2D eigenvalue weighted by Crippen LogP contribution is -2.44. The summed E-state index contributed by atoms with van der Waals surface area (Å²) in [5.74, 6) is -7.51. The lowest BCUT2D eigenvalue weighted by atomic mass is 10.3. The van der Waals surface area contributed by atoms with Gasteiger partial charge in [0.25, 0.3) is 0 Å². The number of alkyl halides is 4. The van der Waals surface area contributed by atoms with Crippen molar-refractivity contribution in [1.29, 1.82) is 0 Å². The summed E-state index contributed by atoms with van der Waals surface area (Å²) < 4.78 is 48.3. The Morgan fingerprint density at radius 1 is 1.27 bits per heavy atom. The van der Waals surface area contributed by atoms with Crippen LogP contribution in [0.1, 0.15) is 0 Å². The molecule has 9 heteroatoms. The second-order valence-electron chi connectivity index (χ2n) is 2.71. The molecule has 15 heavy (non-hydrogen) atoms. The van der Waals surface area contributed by atoms with E-state index in [-0.39, 0.29) is 4.90 Å². The molecule has 0 spiro atoms. The molecule has 1 aliphatic heterocycles. The molecule has 0 radical (unpaired) electrons. The molecule has 0 aromatic carbocycles. The van der Waals surface area contributed by atoms with Crippen LogP contribution < -0.4 is 5.32 Å². The van der Waals surface area contributed by atoms with E-state index in [0.717, 1.165) is 0 Å². The first-order valence-corrected chi connectivity index (χ1v) is 3.58. The van der Waals surface area contributed by atoms with Crippen LogP contribution in [0.5, 0.6) is 0 Å². The molecule has 1 fully saturated rings. The molecule has 0 unspecified atom stereocenters. The van der Waals surface area contributed by atoms with Crippen molar-refractivity contribution in [2.24, 2.45) is 0 Å². The van der Waals surface area contributed by atoms with Crippen molar-refractivity contribution in [2.45, 2.75) is 12.3 Å². The van der Waals surface area contributed by atoms with E-state index in [4.69, 9.17) is 0 Å². The molecular formula is C6H4F4N2O3. The number of carbonyl (C=O) groups is 3. The Morgan fingerprint density at radius 3 is 2.13 bits per heavy atom. The van der Waals surface area contributed by atoms with Gasteiger partial charge in [-0.15, -0.1) is 0 Å². The maximum atomic E-state index is 12.4. The normalized spacial score (nSPS) is 17.7. The average molecular weight is 228 g/mol. The Hall–Kier alpha value is -1.67. The zero-order valence-corrected chi connectivity index (χ0v) is 6.97. The van der Waals surface area contributed by atoms with Crippen molar-refractivity contribution in [3.05, 3.63) is 0 Å². The van der Waals surface area contributed by atoms with Gasteiger partial charge in [-0.3, -0.25) is 14.9 Å². The van der Waals surface area contributed by atoms with Gasteiger partial charge in [0.15, 0.2) is 0 Å². The number of imide groups is 2. The summed E-state index contributed by atoms with van der Waals surface area (Å²) in [7, 11) is 0. The van der Waals surface area contributed by atoms with Crippen LogP contribution in [0.3, 0.4) is 0 Å². The minimum absolute atomic E-state index is 0.255. The molecule has 4 amide bonds. The second kappa shape index (κ2) is 3.48. The molecule has 1 heterocycles. The maximum Gasteiger partial charge on any atom is 0.331 e. The zero-order chi connectivity index (χ0) is 11.8. The highest BCUT2D eigenvalue weighted by molar-refractivity contribution is 6.44. The zero-order valence-electron chi connectivity index (χ0n) is 6.97. The Labute approximate surface area is 80.0 Å². The quantitative estimate of drug-likeness (QED) is 0.419. The topological polar surface area (TPSA) is 66.5 Å². The molecule has 5 nitrogen and oxygen atoms in total. The molecule has 0 aromatic rings. The van der Waals surface area contributed by atoms with Crippen molar-refractivity contribution in [3.63, 3.8) is 0 Å². The lowest BCUT2D eigenvalue weighted by Gasteiger charge is -2.19. The fourth-order valence-electron chi connectivity index (χ4n) is 0.856. The van der Waals surface area contributed by atoms with Crippen molar-refractivity contribution in [3.8, 4) is 0 Å². The second-order valence-corrected chi connectivity index (χ2v) is 2.71. The van der Waals surface area contributed by atoms with E-state index in [1.165, 1.54) is 5.32 Å². The molecule has 1 N–H and O–H groups in total. The summed E-state index contributed by atoms with van der Waals surface area (Å²) in [6, 6.07) is -1.43. The van der Waals surface area contributed by atoms with Crippen molar-refractivity contribution in [1.82, 2.24) is 10.2 Å². The van der Waals surface area contributed by atoms with Gasteiger partial charge in [0.05, 0.1) is 0 Å². The predicted octanol–water partition coefficient (Wildman–Crippen LogP) is -0.0348. The number of nitrogens with one attached hydrogen (secondary N) is 1. The van der Waals surface area contributed by atoms with E-state index in [0.29, 0.717) is 0 Å². The number of carbonyl (C=O) groups excluding carboxylic acids is 3. The fourth-order valence-corrected chi connectivity index (χ4v) is 0.856. The Morgan fingerprint density at radius 2 is 1.80 bits per heavy atom. The summed E-state index contributed by atoms with van der Waals surface area (Å²) in [6.07, 6.45) is -4.02. The number of hydrogen-bond donors (Lipinski definition) is 1. The van der Waals surface area contributed by atoms with Crippen molar-refractivity contribution < 1.29 is 31.9 Å². The summed E-state index contributed by atoms with van der Waals surface area (Å²) in [6.45, 7) is -1.82. The number of nitrogens with zero attached hydrogens (tertiary/aromatic N) is 1. The third kappa shape index (κ3) is 2.05. The first kappa shape index (κ1) is 11.4. The number of amides is 4. The Bertz CT molecular complexity index is 330. The van der Waals surface area contributed by atoms with E-state index in [1.54, 1.807) is 0 Å².